The Labute approximate surface area is 182 Å². The standard InChI is InChI=1S/C25H27N3O3/c1-3-18-5-9-20(10-6-18)26-17-24(29)27-21-11-7-19(8-12-21)25(30)28-22-13-15-23(16-14-22)31-4-2/h5-16,26H,3-4,17H2,1-2H3,(H,27,29)(H,28,30). The van der Waals surface area contributed by atoms with Gasteiger partial charge >= 0.3 is 0 Å². The topological polar surface area (TPSA) is 79.5 Å². The van der Waals surface area contributed by atoms with Crippen molar-refractivity contribution < 1.29 is 14.3 Å². The monoisotopic (exact) mass is 417 g/mol. The smallest absolute Gasteiger partial charge is 0.255 e. The number of amides is 2. The van der Waals surface area contributed by atoms with Gasteiger partial charge in [-0.2, -0.15) is 0 Å². The van der Waals surface area contributed by atoms with E-state index in [0.717, 1.165) is 17.9 Å². The highest BCUT2D eigenvalue weighted by Gasteiger charge is 2.08. The van der Waals surface area contributed by atoms with E-state index >= 15 is 0 Å². The van der Waals surface area contributed by atoms with Gasteiger partial charge in [0.25, 0.3) is 5.91 Å². The first-order chi connectivity index (χ1) is 15.1. The van der Waals surface area contributed by atoms with Gasteiger partial charge in [0.2, 0.25) is 5.91 Å². The van der Waals surface area contributed by atoms with Gasteiger partial charge in [0.15, 0.2) is 0 Å². The highest BCUT2D eigenvalue weighted by molar-refractivity contribution is 6.04. The molecule has 160 valence electrons. The van der Waals surface area contributed by atoms with E-state index in [-0.39, 0.29) is 18.4 Å². The second-order valence-electron chi connectivity index (χ2n) is 6.94. The molecule has 0 atom stereocenters. The number of hydrogen-bond acceptors (Lipinski definition) is 4. The quantitative estimate of drug-likeness (QED) is 0.460. The normalized spacial score (nSPS) is 10.3. The van der Waals surface area contributed by atoms with Crippen LogP contribution in [0.15, 0.2) is 72.8 Å². The summed E-state index contributed by atoms with van der Waals surface area (Å²) in [7, 11) is 0. The predicted octanol–water partition coefficient (Wildman–Crippen LogP) is 4.95. The molecule has 0 aliphatic rings. The van der Waals surface area contributed by atoms with E-state index < -0.39 is 0 Å². The predicted molar refractivity (Wildman–Crippen MR) is 125 cm³/mol. The molecule has 0 aliphatic carbocycles. The summed E-state index contributed by atoms with van der Waals surface area (Å²) in [4.78, 5) is 24.6. The molecule has 3 aromatic rings. The van der Waals surface area contributed by atoms with Gasteiger partial charge in [0, 0.05) is 22.6 Å². The molecule has 0 saturated carbocycles. The molecule has 6 nitrogen and oxygen atoms in total. The molecule has 2 amide bonds. The number of hydrogen-bond donors (Lipinski definition) is 3. The van der Waals surface area contributed by atoms with Crippen molar-refractivity contribution in [2.45, 2.75) is 20.3 Å². The average molecular weight is 418 g/mol. The lowest BCUT2D eigenvalue weighted by molar-refractivity contribution is -0.114. The number of anilines is 3. The number of ether oxygens (including phenoxy) is 1. The Balaban J connectivity index is 1.49. The lowest BCUT2D eigenvalue weighted by atomic mass is 10.1. The number of benzene rings is 3. The van der Waals surface area contributed by atoms with E-state index in [1.54, 1.807) is 36.4 Å². The third-order valence-electron chi connectivity index (χ3n) is 4.67. The number of nitrogens with one attached hydrogen (secondary N) is 3. The van der Waals surface area contributed by atoms with Crippen LogP contribution in [-0.2, 0) is 11.2 Å². The molecular formula is C25H27N3O3. The highest BCUT2D eigenvalue weighted by Crippen LogP contribution is 2.17. The molecule has 0 bridgehead atoms. The minimum Gasteiger partial charge on any atom is -0.494 e. The summed E-state index contributed by atoms with van der Waals surface area (Å²) >= 11 is 0. The van der Waals surface area contributed by atoms with Crippen molar-refractivity contribution in [3.05, 3.63) is 83.9 Å². The van der Waals surface area contributed by atoms with Gasteiger partial charge in [-0.1, -0.05) is 19.1 Å². The zero-order valence-corrected chi connectivity index (χ0v) is 17.8. The summed E-state index contributed by atoms with van der Waals surface area (Å²) in [6.07, 6.45) is 0.981. The molecule has 3 rings (SSSR count). The van der Waals surface area contributed by atoms with Gasteiger partial charge < -0.3 is 20.7 Å². The van der Waals surface area contributed by atoms with E-state index in [0.29, 0.717) is 23.5 Å². The summed E-state index contributed by atoms with van der Waals surface area (Å²) in [5.41, 5.74) is 3.96. The summed E-state index contributed by atoms with van der Waals surface area (Å²) < 4.78 is 5.40. The molecule has 0 aromatic heterocycles. The summed E-state index contributed by atoms with van der Waals surface area (Å²) in [6, 6.07) is 22.0. The Kier molecular flexibility index (Phi) is 7.65. The van der Waals surface area contributed by atoms with Crippen LogP contribution in [0, 0.1) is 0 Å². The summed E-state index contributed by atoms with van der Waals surface area (Å²) in [6.45, 7) is 4.77. The molecule has 0 fully saturated rings. The van der Waals surface area contributed by atoms with Gasteiger partial charge in [-0.25, -0.2) is 0 Å². The second kappa shape index (κ2) is 10.8. The number of rotatable bonds is 9. The maximum absolute atomic E-state index is 12.4. The van der Waals surface area contributed by atoms with Gasteiger partial charge in [-0.15, -0.1) is 0 Å². The molecule has 0 heterocycles. The van der Waals surface area contributed by atoms with Crippen LogP contribution in [0.1, 0.15) is 29.8 Å². The van der Waals surface area contributed by atoms with E-state index in [2.05, 4.69) is 22.9 Å². The molecule has 6 heteroatoms. The molecular weight excluding hydrogens is 390 g/mol. The molecule has 3 N–H and O–H groups in total. The van der Waals surface area contributed by atoms with Crippen molar-refractivity contribution in [3.8, 4) is 5.75 Å². The van der Waals surface area contributed by atoms with Crippen LogP contribution in [0.2, 0.25) is 0 Å². The van der Waals surface area contributed by atoms with Gasteiger partial charge in [-0.3, -0.25) is 9.59 Å². The molecule has 3 aromatic carbocycles. The number of carbonyl (C=O) groups excluding carboxylic acids is 2. The van der Waals surface area contributed by atoms with E-state index in [1.165, 1.54) is 5.56 Å². The van der Waals surface area contributed by atoms with Crippen molar-refractivity contribution in [3.63, 3.8) is 0 Å². The van der Waals surface area contributed by atoms with Crippen LogP contribution >= 0.6 is 0 Å². The average Bonchev–Trinajstić information content (AvgIpc) is 2.80. The molecule has 31 heavy (non-hydrogen) atoms. The Morgan fingerprint density at radius 1 is 0.742 bits per heavy atom. The van der Waals surface area contributed by atoms with Crippen molar-refractivity contribution >= 4 is 28.9 Å². The third-order valence-corrected chi connectivity index (χ3v) is 4.67. The van der Waals surface area contributed by atoms with Crippen molar-refractivity contribution in [2.75, 3.05) is 29.1 Å². The summed E-state index contributed by atoms with van der Waals surface area (Å²) in [5.74, 6) is 0.374. The van der Waals surface area contributed by atoms with Crippen LogP contribution < -0.4 is 20.7 Å². The largest absolute Gasteiger partial charge is 0.494 e. The van der Waals surface area contributed by atoms with Crippen LogP contribution in [0.25, 0.3) is 0 Å². The van der Waals surface area contributed by atoms with Gasteiger partial charge in [0.05, 0.1) is 13.2 Å². The number of carbonyl (C=O) groups is 2. The fourth-order valence-corrected chi connectivity index (χ4v) is 2.96. The highest BCUT2D eigenvalue weighted by atomic mass is 16.5. The molecule has 0 saturated heterocycles. The minimum atomic E-state index is -0.223. The molecule has 0 unspecified atom stereocenters. The van der Waals surface area contributed by atoms with E-state index in [1.807, 2.05) is 43.3 Å². The Morgan fingerprint density at radius 2 is 1.32 bits per heavy atom. The van der Waals surface area contributed by atoms with Crippen LogP contribution in [0.5, 0.6) is 5.75 Å². The van der Waals surface area contributed by atoms with Crippen molar-refractivity contribution in [2.24, 2.45) is 0 Å². The van der Waals surface area contributed by atoms with Crippen molar-refractivity contribution in [1.29, 1.82) is 0 Å². The van der Waals surface area contributed by atoms with Crippen LogP contribution in [-0.4, -0.2) is 25.0 Å². The first-order valence-electron chi connectivity index (χ1n) is 10.3. The van der Waals surface area contributed by atoms with Crippen LogP contribution in [0.4, 0.5) is 17.1 Å². The fraction of sp³-hybridized carbons (Fsp3) is 0.200. The first-order valence-corrected chi connectivity index (χ1v) is 10.3. The first kappa shape index (κ1) is 21.9. The maximum atomic E-state index is 12.4. The number of aryl methyl sites for hydroxylation is 1. The lowest BCUT2D eigenvalue weighted by Crippen LogP contribution is -2.21. The fourth-order valence-electron chi connectivity index (χ4n) is 2.96. The minimum absolute atomic E-state index is 0.158. The molecule has 0 radical (unpaired) electrons. The van der Waals surface area contributed by atoms with Crippen molar-refractivity contribution in [1.82, 2.24) is 0 Å². The zero-order chi connectivity index (χ0) is 22.1. The van der Waals surface area contributed by atoms with Crippen LogP contribution in [0.3, 0.4) is 0 Å². The molecule has 0 aliphatic heterocycles. The zero-order valence-electron chi connectivity index (χ0n) is 17.8. The Morgan fingerprint density at radius 3 is 1.94 bits per heavy atom. The molecule has 0 spiro atoms. The second-order valence-corrected chi connectivity index (χ2v) is 6.94. The maximum Gasteiger partial charge on any atom is 0.255 e. The van der Waals surface area contributed by atoms with Gasteiger partial charge in [0.1, 0.15) is 5.75 Å². The Bertz CT molecular complexity index is 998. The van der Waals surface area contributed by atoms with Gasteiger partial charge in [-0.05, 0) is 79.6 Å². The summed E-state index contributed by atoms with van der Waals surface area (Å²) in [5, 5.41) is 8.76. The van der Waals surface area contributed by atoms with E-state index in [4.69, 9.17) is 4.74 Å². The SMILES string of the molecule is CCOc1ccc(NC(=O)c2ccc(NC(=O)CNc3ccc(CC)cc3)cc2)cc1. The van der Waals surface area contributed by atoms with E-state index in [9.17, 15) is 9.59 Å². The Hall–Kier alpha value is -3.80. The third kappa shape index (κ3) is 6.60. The lowest BCUT2D eigenvalue weighted by Gasteiger charge is -2.10.